The lowest BCUT2D eigenvalue weighted by Gasteiger charge is -2.20. The second-order valence-corrected chi connectivity index (χ2v) is 6.59. The first-order valence-electron chi connectivity index (χ1n) is 7.40. The van der Waals surface area contributed by atoms with Crippen LogP contribution in [0.25, 0.3) is 10.9 Å². The Morgan fingerprint density at radius 3 is 2.58 bits per heavy atom. The number of nitrogen functional groups attached to an aromatic ring is 1. The van der Waals surface area contributed by atoms with E-state index in [-0.39, 0.29) is 0 Å². The number of aryl methyl sites for hydroxylation is 1. The first-order valence-corrected chi connectivity index (χ1v) is 8.96. The van der Waals surface area contributed by atoms with Crippen LogP contribution in [0.3, 0.4) is 0 Å². The highest BCUT2D eigenvalue weighted by Crippen LogP contribution is 2.37. The number of methoxy groups -OCH3 is 1. The Kier molecular flexibility index (Phi) is 4.78. The van der Waals surface area contributed by atoms with Crippen molar-refractivity contribution in [2.45, 2.75) is 6.54 Å². The van der Waals surface area contributed by atoms with E-state index in [9.17, 15) is 0 Å². The molecule has 0 saturated carbocycles. The highest BCUT2D eigenvalue weighted by Gasteiger charge is 2.19. The fraction of sp³-hybridized carbons (Fsp3) is 0.235. The van der Waals surface area contributed by atoms with Crippen molar-refractivity contribution >= 4 is 46.0 Å². The number of fused-ring (bicyclic) bond motifs is 1. The molecule has 0 aliphatic rings. The Morgan fingerprint density at radius 1 is 1.25 bits per heavy atom. The van der Waals surface area contributed by atoms with Crippen LogP contribution in [-0.2, 0) is 13.6 Å². The quantitative estimate of drug-likeness (QED) is 0.547. The van der Waals surface area contributed by atoms with E-state index < -0.39 is 0 Å². The normalized spacial score (nSPS) is 11.0. The molecule has 3 rings (SSSR count). The molecule has 0 unspecified atom stereocenters. The molecular formula is C17H19ClN4OS. The van der Waals surface area contributed by atoms with Crippen LogP contribution in [0.2, 0.25) is 5.02 Å². The highest BCUT2D eigenvalue weighted by molar-refractivity contribution is 7.99. The third-order valence-corrected chi connectivity index (χ3v) is 4.95. The number of benzene rings is 2. The molecule has 126 valence electrons. The van der Waals surface area contributed by atoms with Crippen LogP contribution in [0.5, 0.6) is 5.75 Å². The minimum atomic E-state index is 0.649. The van der Waals surface area contributed by atoms with Crippen molar-refractivity contribution in [3.8, 4) is 5.75 Å². The van der Waals surface area contributed by atoms with Gasteiger partial charge in [-0.2, -0.15) is 5.10 Å². The topological polar surface area (TPSA) is 56.3 Å². The largest absolute Gasteiger partial charge is 0.497 e. The van der Waals surface area contributed by atoms with Gasteiger partial charge in [0.25, 0.3) is 0 Å². The second kappa shape index (κ2) is 6.83. The van der Waals surface area contributed by atoms with Gasteiger partial charge in [0, 0.05) is 13.3 Å². The van der Waals surface area contributed by atoms with Crippen molar-refractivity contribution in [3.63, 3.8) is 0 Å². The summed E-state index contributed by atoms with van der Waals surface area (Å²) in [5.41, 5.74) is 8.78. The van der Waals surface area contributed by atoms with E-state index in [0.29, 0.717) is 17.3 Å². The van der Waals surface area contributed by atoms with Crippen LogP contribution >= 0.6 is 23.5 Å². The van der Waals surface area contributed by atoms with Gasteiger partial charge in [-0.25, -0.2) is 0 Å². The third-order valence-electron chi connectivity index (χ3n) is 3.89. The van der Waals surface area contributed by atoms with Gasteiger partial charge in [0.15, 0.2) is 5.82 Å². The molecule has 0 saturated heterocycles. The number of aromatic nitrogens is 2. The number of halogens is 1. The fourth-order valence-electron chi connectivity index (χ4n) is 2.68. The third kappa shape index (κ3) is 2.99. The standard InChI is InChI=1S/C17H19ClN4OS/c1-21-16-14(19)9-8-13(18)15(16)17(20-21)22(24-3)10-11-4-6-12(23-2)7-5-11/h4-9H,10,19H2,1-3H3. The van der Waals surface area contributed by atoms with Crippen LogP contribution < -0.4 is 14.8 Å². The van der Waals surface area contributed by atoms with E-state index in [1.807, 2.05) is 49.7 Å². The molecule has 1 aromatic heterocycles. The summed E-state index contributed by atoms with van der Waals surface area (Å²) >= 11 is 8.03. The molecule has 24 heavy (non-hydrogen) atoms. The van der Waals surface area contributed by atoms with Crippen LogP contribution in [0.15, 0.2) is 36.4 Å². The number of anilines is 2. The minimum absolute atomic E-state index is 0.649. The number of hydrogen-bond acceptors (Lipinski definition) is 5. The maximum atomic E-state index is 6.43. The summed E-state index contributed by atoms with van der Waals surface area (Å²) in [5.74, 6) is 1.65. The van der Waals surface area contributed by atoms with Crippen molar-refractivity contribution in [2.75, 3.05) is 23.4 Å². The summed E-state index contributed by atoms with van der Waals surface area (Å²) in [6, 6.07) is 11.6. The van der Waals surface area contributed by atoms with Gasteiger partial charge in [0.05, 0.1) is 35.3 Å². The van der Waals surface area contributed by atoms with E-state index >= 15 is 0 Å². The molecule has 0 amide bonds. The van der Waals surface area contributed by atoms with E-state index in [1.54, 1.807) is 23.7 Å². The van der Waals surface area contributed by atoms with Crippen LogP contribution in [0.1, 0.15) is 5.56 Å². The molecule has 0 radical (unpaired) electrons. The lowest BCUT2D eigenvalue weighted by molar-refractivity contribution is 0.414. The predicted molar refractivity (Wildman–Crippen MR) is 103 cm³/mol. The number of rotatable bonds is 5. The first kappa shape index (κ1) is 16.8. The number of hydrogen-bond donors (Lipinski definition) is 1. The monoisotopic (exact) mass is 362 g/mol. The molecule has 3 aromatic rings. The SMILES string of the molecule is COc1ccc(CN(SC)c2nn(C)c3c(N)ccc(Cl)c23)cc1. The van der Waals surface area contributed by atoms with E-state index in [4.69, 9.17) is 22.1 Å². The average Bonchev–Trinajstić information content (AvgIpc) is 2.95. The van der Waals surface area contributed by atoms with Gasteiger partial charge in [-0.3, -0.25) is 8.99 Å². The van der Waals surface area contributed by atoms with Crippen LogP contribution in [0.4, 0.5) is 11.5 Å². The van der Waals surface area contributed by atoms with Gasteiger partial charge in [0.2, 0.25) is 0 Å². The zero-order valence-electron chi connectivity index (χ0n) is 13.8. The molecule has 0 aliphatic carbocycles. The molecular weight excluding hydrogens is 344 g/mol. The van der Waals surface area contributed by atoms with Crippen molar-refractivity contribution < 1.29 is 4.74 Å². The van der Waals surface area contributed by atoms with Gasteiger partial charge in [0.1, 0.15) is 5.75 Å². The van der Waals surface area contributed by atoms with E-state index in [2.05, 4.69) is 9.40 Å². The van der Waals surface area contributed by atoms with Gasteiger partial charge >= 0.3 is 0 Å². The molecule has 0 bridgehead atoms. The van der Waals surface area contributed by atoms with E-state index in [0.717, 1.165) is 28.0 Å². The maximum Gasteiger partial charge on any atom is 0.170 e. The number of ether oxygens (including phenoxy) is 1. The summed E-state index contributed by atoms with van der Waals surface area (Å²) in [6.45, 7) is 0.697. The molecule has 1 heterocycles. The van der Waals surface area contributed by atoms with Crippen molar-refractivity contribution in [3.05, 3.63) is 47.0 Å². The minimum Gasteiger partial charge on any atom is -0.497 e. The van der Waals surface area contributed by atoms with Crippen LogP contribution in [0, 0.1) is 0 Å². The summed E-state index contributed by atoms with van der Waals surface area (Å²) < 4.78 is 9.10. The van der Waals surface area contributed by atoms with Gasteiger partial charge in [-0.05, 0) is 29.8 Å². The molecule has 5 nitrogen and oxygen atoms in total. The molecule has 7 heteroatoms. The zero-order valence-corrected chi connectivity index (χ0v) is 15.4. The summed E-state index contributed by atoms with van der Waals surface area (Å²) in [4.78, 5) is 0. The van der Waals surface area contributed by atoms with Crippen molar-refractivity contribution in [1.29, 1.82) is 0 Å². The Labute approximate surface area is 150 Å². The summed E-state index contributed by atoms with van der Waals surface area (Å²) in [5, 5.41) is 6.17. The van der Waals surface area contributed by atoms with E-state index in [1.165, 1.54) is 0 Å². The molecule has 0 fully saturated rings. The number of nitrogens with zero attached hydrogens (tertiary/aromatic N) is 3. The smallest absolute Gasteiger partial charge is 0.170 e. The molecule has 2 aromatic carbocycles. The number of nitrogens with two attached hydrogens (primary N) is 1. The average molecular weight is 363 g/mol. The zero-order chi connectivity index (χ0) is 17.3. The van der Waals surface area contributed by atoms with Crippen molar-refractivity contribution in [1.82, 2.24) is 9.78 Å². The fourth-order valence-corrected chi connectivity index (χ4v) is 3.50. The molecule has 2 N–H and O–H groups in total. The predicted octanol–water partition coefficient (Wildman–Crippen LogP) is 4.10. The Balaban J connectivity index is 2.01. The summed E-state index contributed by atoms with van der Waals surface area (Å²) in [7, 11) is 3.54. The lowest BCUT2D eigenvalue weighted by Crippen LogP contribution is -2.14. The Hall–Kier alpha value is -2.05. The Morgan fingerprint density at radius 2 is 1.96 bits per heavy atom. The molecule has 0 spiro atoms. The molecule has 0 aliphatic heterocycles. The highest BCUT2D eigenvalue weighted by atomic mass is 35.5. The van der Waals surface area contributed by atoms with Gasteiger partial charge < -0.3 is 10.5 Å². The maximum absolute atomic E-state index is 6.43. The van der Waals surface area contributed by atoms with Gasteiger partial charge in [-0.15, -0.1) is 0 Å². The second-order valence-electron chi connectivity index (χ2n) is 5.37. The molecule has 0 atom stereocenters. The Bertz CT molecular complexity index is 863. The van der Waals surface area contributed by atoms with Gasteiger partial charge in [-0.1, -0.05) is 35.7 Å². The summed E-state index contributed by atoms with van der Waals surface area (Å²) in [6.07, 6.45) is 2.02. The lowest BCUT2D eigenvalue weighted by atomic mass is 10.2. The van der Waals surface area contributed by atoms with Crippen molar-refractivity contribution in [2.24, 2.45) is 7.05 Å². The van der Waals surface area contributed by atoms with Crippen LogP contribution in [-0.4, -0.2) is 23.1 Å². The first-order chi connectivity index (χ1) is 11.5.